The topological polar surface area (TPSA) is 397 Å². The molecule has 476 valence electrons. The summed E-state index contributed by atoms with van der Waals surface area (Å²) in [4.78, 5) is 120. The molecule has 15 atom stereocenters. The van der Waals surface area contributed by atoms with Gasteiger partial charge in [-0.05, 0) is 117 Å². The molecule has 1 saturated carbocycles. The molecule has 3 fully saturated rings. The van der Waals surface area contributed by atoms with Crippen molar-refractivity contribution in [1.29, 1.82) is 0 Å². The van der Waals surface area contributed by atoms with Crippen LogP contribution in [0.5, 0.6) is 0 Å². The van der Waals surface area contributed by atoms with Gasteiger partial charge in [0, 0.05) is 40.3 Å². The predicted octanol–water partition coefficient (Wildman–Crippen LogP) is 2.11. The lowest BCUT2D eigenvalue weighted by Gasteiger charge is -2.52. The van der Waals surface area contributed by atoms with Crippen molar-refractivity contribution >= 4 is 54.3 Å². The van der Waals surface area contributed by atoms with E-state index in [4.69, 9.17) is 56.8 Å². The maximum atomic E-state index is 14.8. The quantitative estimate of drug-likeness (QED) is 0.0701. The van der Waals surface area contributed by atoms with Gasteiger partial charge in [0.1, 0.15) is 76.7 Å². The molecular weight excluding hydrogens is 1100 g/mol. The molecule has 83 heavy (non-hydrogen) atoms. The van der Waals surface area contributed by atoms with Crippen molar-refractivity contribution < 1.29 is 115 Å². The van der Waals surface area contributed by atoms with E-state index in [2.05, 4.69) is 31.9 Å². The smallest absolute Gasteiger partial charge is 0.408 e. The van der Waals surface area contributed by atoms with Crippen LogP contribution in [0.25, 0.3) is 0 Å². The first kappa shape index (κ1) is 71.2. The summed E-state index contributed by atoms with van der Waals surface area (Å²) in [6, 6.07) is -6.75. The molecule has 0 aromatic carbocycles. The zero-order chi connectivity index (χ0) is 63.3. The highest BCUT2D eigenvalue weighted by molar-refractivity contribution is 5.84. The van der Waals surface area contributed by atoms with E-state index in [0.717, 1.165) is 20.8 Å². The van der Waals surface area contributed by atoms with Crippen molar-refractivity contribution in [3.8, 4) is 0 Å². The lowest BCUT2D eigenvalue weighted by Crippen LogP contribution is -2.76. The molecule has 2 heterocycles. The Morgan fingerprint density at radius 3 is 1.40 bits per heavy atom. The summed E-state index contributed by atoms with van der Waals surface area (Å²) in [5, 5.41) is 50.6. The lowest BCUT2D eigenvalue weighted by molar-refractivity contribution is -0.323. The minimum absolute atomic E-state index is 0.0424. The van der Waals surface area contributed by atoms with Gasteiger partial charge in [-0.3, -0.25) is 19.2 Å². The number of aliphatic hydroxyl groups is 3. The third-order valence-electron chi connectivity index (χ3n) is 11.5. The van der Waals surface area contributed by atoms with Gasteiger partial charge in [0.2, 0.25) is 0 Å². The molecular formula is C53H90N6O24. The molecule has 2 saturated heterocycles. The second-order valence-electron chi connectivity index (χ2n) is 25.1. The highest BCUT2D eigenvalue weighted by Crippen LogP contribution is 2.36. The van der Waals surface area contributed by atoms with Gasteiger partial charge in [-0.1, -0.05) is 0 Å². The van der Waals surface area contributed by atoms with Crippen molar-refractivity contribution in [2.24, 2.45) is 0 Å². The van der Waals surface area contributed by atoms with Gasteiger partial charge in [-0.25, -0.2) is 24.0 Å². The Morgan fingerprint density at radius 2 is 0.928 bits per heavy atom. The molecule has 30 nitrogen and oxygen atoms in total. The monoisotopic (exact) mass is 1190 g/mol. The van der Waals surface area contributed by atoms with Gasteiger partial charge in [-0.15, -0.1) is 0 Å². The Kier molecular flexibility index (Phi) is 25.4. The van der Waals surface area contributed by atoms with Gasteiger partial charge >= 0.3 is 48.4 Å². The zero-order valence-corrected chi connectivity index (χ0v) is 50.8. The van der Waals surface area contributed by atoms with E-state index in [1.54, 1.807) is 83.1 Å². The molecule has 3 aliphatic rings. The number of esters is 3. The van der Waals surface area contributed by atoms with Crippen LogP contribution in [0.2, 0.25) is 0 Å². The number of alkyl carbamates (subject to hydrolysis) is 5. The standard InChI is InChI=1S/C53H90N6O24/c1-25(61)72-30(21-22-54-44(67)79-49(4,5)6)41(66)57-33-37(73-26(2)62)34(59-48(71)83-53(16,17)18)39(77-42-29(56-46(69)81-51(10,11)12)20-19-28(75-42)23-55-45(68)80-50(7,8)9)36(65)38(33)78-43-40(74-27(3)63)32(35(64)31(24-60)76-43)58-47(70)82-52(13,14)15/h28-40,42-43,60,64-65H,19-24H2,1-18H3,(H,54,67)(H,55,68)(H,56,69)(H,57,66)(H,58,70)(H,59,71)/t28?,29?,30-,31?,32-,33+,34-,35+,36?,37?,38-,39?,40?,42+,43+/m0/s1. The number of rotatable bonds is 18. The summed E-state index contributed by atoms with van der Waals surface area (Å²) in [5.74, 6) is -4.28. The number of amides is 6. The normalized spacial score (nSPS) is 28.1. The van der Waals surface area contributed by atoms with Crippen LogP contribution in [0.4, 0.5) is 24.0 Å². The summed E-state index contributed by atoms with van der Waals surface area (Å²) in [7, 11) is 0. The Bertz CT molecular complexity index is 2240. The third kappa shape index (κ3) is 25.0. The number of ether oxygens (including phenoxy) is 12. The highest BCUT2D eigenvalue weighted by atomic mass is 16.7. The van der Waals surface area contributed by atoms with Gasteiger partial charge < -0.3 is 104 Å². The molecule has 1 aliphatic carbocycles. The van der Waals surface area contributed by atoms with Crippen molar-refractivity contribution in [3.05, 3.63) is 0 Å². The molecule has 3 rings (SSSR count). The summed E-state index contributed by atoms with van der Waals surface area (Å²) >= 11 is 0. The van der Waals surface area contributed by atoms with E-state index >= 15 is 0 Å². The molecule has 7 unspecified atom stereocenters. The van der Waals surface area contributed by atoms with Crippen molar-refractivity contribution in [1.82, 2.24) is 31.9 Å². The van der Waals surface area contributed by atoms with Gasteiger partial charge in [-0.2, -0.15) is 0 Å². The van der Waals surface area contributed by atoms with Crippen LogP contribution in [0.1, 0.15) is 144 Å². The average molecular weight is 1200 g/mol. The SMILES string of the molecule is CC(=O)OC1[C@@H](O[C@@H]2C(O)C(O[C@H]3OC(CNC(=O)OC(C)(C)C)CCC3NC(=O)OC(C)(C)C)[C@@H](NC(=O)OC(C)(C)C)C(OC(C)=O)[C@H]2NC(=O)[C@H](CCNC(=O)OC(C)(C)C)OC(C)=O)OC(CO)[C@@H](O)[C@@H]1NC(=O)OC(C)(C)C. The summed E-state index contributed by atoms with van der Waals surface area (Å²) in [5.41, 5.74) is -5.15. The Balaban J connectivity index is 2.41. The summed E-state index contributed by atoms with van der Waals surface area (Å²) < 4.78 is 69.9. The van der Waals surface area contributed by atoms with Crippen LogP contribution in [-0.4, -0.2) is 209 Å². The fourth-order valence-electron chi connectivity index (χ4n) is 8.64. The van der Waals surface area contributed by atoms with E-state index in [-0.39, 0.29) is 25.9 Å². The lowest BCUT2D eigenvalue weighted by atomic mass is 9.80. The van der Waals surface area contributed by atoms with Crippen LogP contribution < -0.4 is 31.9 Å². The number of hydrogen-bond donors (Lipinski definition) is 9. The number of aliphatic hydroxyl groups excluding tert-OH is 3. The number of hydrogen-bond acceptors (Lipinski definition) is 24. The molecule has 0 bridgehead atoms. The molecule has 0 spiro atoms. The Hall–Kier alpha value is -6.05. The van der Waals surface area contributed by atoms with E-state index in [1.165, 1.54) is 20.8 Å². The second kappa shape index (κ2) is 29.7. The molecule has 9 N–H and O–H groups in total. The third-order valence-corrected chi connectivity index (χ3v) is 11.5. The first-order valence-electron chi connectivity index (χ1n) is 27.3. The minimum atomic E-state index is -2.28. The van der Waals surface area contributed by atoms with Crippen LogP contribution in [-0.2, 0) is 76.0 Å². The first-order chi connectivity index (χ1) is 37.9. The predicted molar refractivity (Wildman–Crippen MR) is 287 cm³/mol. The fraction of sp³-hybridized carbons (Fsp3) is 0.830. The minimum Gasteiger partial charge on any atom is -0.458 e. The molecule has 0 aromatic rings. The van der Waals surface area contributed by atoms with Gasteiger partial charge in [0.15, 0.2) is 24.8 Å². The number of carbonyl (C=O) groups is 9. The van der Waals surface area contributed by atoms with Crippen molar-refractivity contribution in [2.45, 2.75) is 264 Å². The molecule has 0 radical (unpaired) electrons. The zero-order valence-electron chi connectivity index (χ0n) is 50.8. The van der Waals surface area contributed by atoms with Crippen molar-refractivity contribution in [3.63, 3.8) is 0 Å². The second-order valence-corrected chi connectivity index (χ2v) is 25.1. The number of nitrogens with one attached hydrogen (secondary N) is 6. The first-order valence-corrected chi connectivity index (χ1v) is 27.3. The summed E-state index contributed by atoms with van der Waals surface area (Å²) in [6.45, 7) is 25.2. The van der Waals surface area contributed by atoms with Crippen LogP contribution in [0, 0.1) is 0 Å². The van der Waals surface area contributed by atoms with Gasteiger partial charge in [0.05, 0.1) is 24.8 Å². The van der Waals surface area contributed by atoms with Crippen LogP contribution >= 0.6 is 0 Å². The largest absolute Gasteiger partial charge is 0.458 e. The maximum Gasteiger partial charge on any atom is 0.408 e. The fourth-order valence-corrected chi connectivity index (χ4v) is 8.64. The average Bonchev–Trinajstić information content (AvgIpc) is 2.76. The maximum absolute atomic E-state index is 14.8. The van der Waals surface area contributed by atoms with Crippen LogP contribution in [0.3, 0.4) is 0 Å². The molecule has 6 amide bonds. The highest BCUT2D eigenvalue weighted by Gasteiger charge is 2.59. The van der Waals surface area contributed by atoms with E-state index in [9.17, 15) is 58.5 Å². The van der Waals surface area contributed by atoms with E-state index in [0.29, 0.717) is 0 Å². The van der Waals surface area contributed by atoms with E-state index < -0.39 is 187 Å². The van der Waals surface area contributed by atoms with Gasteiger partial charge in [0.25, 0.3) is 5.91 Å². The Labute approximate surface area is 483 Å². The Morgan fingerprint density at radius 1 is 0.494 bits per heavy atom. The van der Waals surface area contributed by atoms with Crippen LogP contribution in [0.15, 0.2) is 0 Å². The van der Waals surface area contributed by atoms with E-state index in [1.807, 2.05) is 0 Å². The summed E-state index contributed by atoms with van der Waals surface area (Å²) in [6.07, 6.45) is -25.6. The molecule has 0 aromatic heterocycles. The molecule has 30 heteroatoms. The molecule has 2 aliphatic heterocycles. The number of carbonyl (C=O) groups excluding carboxylic acids is 9. The van der Waals surface area contributed by atoms with Crippen molar-refractivity contribution in [2.75, 3.05) is 19.7 Å².